The first-order chi connectivity index (χ1) is 18.7. The number of amides is 2. The molecule has 0 saturated heterocycles. The number of carbonyl (C=O) groups excluding carboxylic acids is 2. The highest BCUT2D eigenvalue weighted by Crippen LogP contribution is 2.24. The molecule has 0 aliphatic heterocycles. The van der Waals surface area contributed by atoms with E-state index in [0.717, 1.165) is 42.4 Å². The molecule has 1 atom stereocenters. The van der Waals surface area contributed by atoms with E-state index in [4.69, 9.17) is 11.6 Å². The topological polar surface area (TPSA) is 49.4 Å². The van der Waals surface area contributed by atoms with E-state index in [2.05, 4.69) is 50.4 Å². The fraction of sp³-hybridized carbons (Fsp3) is 0.412. The number of nitrogens with one attached hydrogen (secondary N) is 1. The molecule has 1 aliphatic rings. The lowest BCUT2D eigenvalue weighted by Crippen LogP contribution is -2.52. The molecule has 3 aromatic carbocycles. The lowest BCUT2D eigenvalue weighted by Gasteiger charge is -2.32. The van der Waals surface area contributed by atoms with Crippen molar-refractivity contribution in [2.75, 3.05) is 0 Å². The third kappa shape index (κ3) is 8.44. The largest absolute Gasteiger partial charge is 0.352 e. The standard InChI is InChI=1S/C34H41ClN2O2/c1-34(2,3)28-19-16-25(17-20-28)18-21-32(38)37(24-27-12-9-13-29(35)22-27)31(23-26-10-5-4-6-11-26)33(39)36-30-14-7-8-15-30/h4-6,9-13,16-17,19-20,22,30-31H,7-8,14-15,18,21,23-24H2,1-3H3,(H,36,39)/t31-/m1/s1. The van der Waals surface area contributed by atoms with Gasteiger partial charge in [-0.25, -0.2) is 0 Å². The van der Waals surface area contributed by atoms with Gasteiger partial charge in [-0.15, -0.1) is 0 Å². The quantitative estimate of drug-likeness (QED) is 0.292. The smallest absolute Gasteiger partial charge is 0.243 e. The average molecular weight is 545 g/mol. The molecule has 1 aliphatic carbocycles. The molecule has 2 amide bonds. The van der Waals surface area contributed by atoms with Crippen LogP contribution in [0.25, 0.3) is 0 Å². The Bertz CT molecular complexity index is 1230. The molecule has 5 heteroatoms. The van der Waals surface area contributed by atoms with Gasteiger partial charge in [0.05, 0.1) is 0 Å². The number of halogens is 1. The number of rotatable bonds is 10. The third-order valence-corrected chi connectivity index (χ3v) is 7.90. The summed E-state index contributed by atoms with van der Waals surface area (Å²) in [5.74, 6) is -0.104. The van der Waals surface area contributed by atoms with E-state index in [9.17, 15) is 9.59 Å². The van der Waals surface area contributed by atoms with Crippen LogP contribution in [0.5, 0.6) is 0 Å². The van der Waals surface area contributed by atoms with Crippen LogP contribution in [0.4, 0.5) is 0 Å². The molecular weight excluding hydrogens is 504 g/mol. The Hall–Kier alpha value is -3.11. The van der Waals surface area contributed by atoms with Crippen LogP contribution in [0.15, 0.2) is 78.9 Å². The Morgan fingerprint density at radius 3 is 2.21 bits per heavy atom. The summed E-state index contributed by atoms with van der Waals surface area (Å²) in [6.07, 6.45) is 5.68. The Morgan fingerprint density at radius 1 is 0.897 bits per heavy atom. The summed E-state index contributed by atoms with van der Waals surface area (Å²) in [6, 6.07) is 25.6. The van der Waals surface area contributed by atoms with Crippen LogP contribution in [0.2, 0.25) is 5.02 Å². The number of carbonyl (C=O) groups is 2. The molecule has 0 bridgehead atoms. The molecule has 0 spiro atoms. The maximum Gasteiger partial charge on any atom is 0.243 e. The minimum atomic E-state index is -0.609. The number of benzene rings is 3. The van der Waals surface area contributed by atoms with Gasteiger partial charge >= 0.3 is 0 Å². The Kier molecular flexibility index (Phi) is 9.85. The van der Waals surface area contributed by atoms with Crippen LogP contribution >= 0.6 is 11.6 Å². The van der Waals surface area contributed by atoms with Gasteiger partial charge in [0.1, 0.15) is 6.04 Å². The van der Waals surface area contributed by atoms with E-state index >= 15 is 0 Å². The van der Waals surface area contributed by atoms with E-state index < -0.39 is 6.04 Å². The van der Waals surface area contributed by atoms with E-state index in [1.807, 2.05) is 54.6 Å². The predicted octanol–water partition coefficient (Wildman–Crippen LogP) is 7.27. The van der Waals surface area contributed by atoms with Gasteiger partial charge in [-0.2, -0.15) is 0 Å². The van der Waals surface area contributed by atoms with Gasteiger partial charge in [-0.3, -0.25) is 9.59 Å². The Labute approximate surface area is 238 Å². The van der Waals surface area contributed by atoms with E-state index in [1.165, 1.54) is 5.56 Å². The number of nitrogens with zero attached hydrogens (tertiary/aromatic N) is 1. The monoisotopic (exact) mass is 544 g/mol. The van der Waals surface area contributed by atoms with Crippen LogP contribution in [0, 0.1) is 0 Å². The van der Waals surface area contributed by atoms with E-state index in [-0.39, 0.29) is 23.3 Å². The SMILES string of the molecule is CC(C)(C)c1ccc(CCC(=O)N(Cc2cccc(Cl)c2)[C@H](Cc2ccccc2)C(=O)NC2CCCC2)cc1. The maximum atomic E-state index is 13.9. The lowest BCUT2D eigenvalue weighted by molar-refractivity contribution is -0.141. The van der Waals surface area contributed by atoms with Gasteiger partial charge in [-0.05, 0) is 59.1 Å². The van der Waals surface area contributed by atoms with Gasteiger partial charge in [0.15, 0.2) is 0 Å². The van der Waals surface area contributed by atoms with E-state index in [1.54, 1.807) is 4.90 Å². The average Bonchev–Trinajstić information content (AvgIpc) is 3.42. The summed E-state index contributed by atoms with van der Waals surface area (Å²) in [5, 5.41) is 3.89. The summed E-state index contributed by atoms with van der Waals surface area (Å²) in [5.41, 5.74) is 4.42. The van der Waals surface area contributed by atoms with Gasteiger partial charge in [-0.1, -0.05) is 112 Å². The first-order valence-electron chi connectivity index (χ1n) is 14.2. The number of hydrogen-bond donors (Lipinski definition) is 1. The van der Waals surface area contributed by atoms with Crippen molar-refractivity contribution in [3.63, 3.8) is 0 Å². The second kappa shape index (κ2) is 13.3. The first-order valence-corrected chi connectivity index (χ1v) is 14.5. The van der Waals surface area contributed by atoms with Gasteiger partial charge in [0.25, 0.3) is 0 Å². The zero-order chi connectivity index (χ0) is 27.8. The fourth-order valence-electron chi connectivity index (χ4n) is 5.32. The van der Waals surface area contributed by atoms with Crippen molar-refractivity contribution >= 4 is 23.4 Å². The molecule has 1 N–H and O–H groups in total. The Balaban J connectivity index is 1.58. The van der Waals surface area contributed by atoms with Crippen LogP contribution in [-0.2, 0) is 34.4 Å². The second-order valence-electron chi connectivity index (χ2n) is 11.8. The van der Waals surface area contributed by atoms with Gasteiger partial charge in [0.2, 0.25) is 11.8 Å². The summed E-state index contributed by atoms with van der Waals surface area (Å²) < 4.78 is 0. The highest BCUT2D eigenvalue weighted by atomic mass is 35.5. The first kappa shape index (κ1) is 28.9. The number of hydrogen-bond acceptors (Lipinski definition) is 2. The van der Waals surface area contributed by atoms with Gasteiger partial charge < -0.3 is 10.2 Å². The van der Waals surface area contributed by atoms with Crippen molar-refractivity contribution in [3.8, 4) is 0 Å². The normalized spacial score (nSPS) is 14.7. The number of aryl methyl sites for hydroxylation is 1. The van der Waals surface area contributed by atoms with Crippen LogP contribution in [0.1, 0.15) is 75.1 Å². The highest BCUT2D eigenvalue weighted by molar-refractivity contribution is 6.30. The molecule has 4 rings (SSSR count). The van der Waals surface area contributed by atoms with Crippen molar-refractivity contribution in [1.29, 1.82) is 0 Å². The fourth-order valence-corrected chi connectivity index (χ4v) is 5.53. The molecule has 3 aromatic rings. The summed E-state index contributed by atoms with van der Waals surface area (Å²) in [7, 11) is 0. The van der Waals surface area contributed by atoms with E-state index in [0.29, 0.717) is 30.8 Å². The molecule has 1 saturated carbocycles. The van der Waals surface area contributed by atoms with Crippen molar-refractivity contribution in [2.24, 2.45) is 0 Å². The highest BCUT2D eigenvalue weighted by Gasteiger charge is 2.32. The molecular formula is C34H41ClN2O2. The molecule has 0 aromatic heterocycles. The molecule has 4 nitrogen and oxygen atoms in total. The van der Waals surface area contributed by atoms with Crippen molar-refractivity contribution in [1.82, 2.24) is 10.2 Å². The van der Waals surface area contributed by atoms with Crippen LogP contribution in [-0.4, -0.2) is 28.8 Å². The minimum Gasteiger partial charge on any atom is -0.352 e. The summed E-state index contributed by atoms with van der Waals surface area (Å²) in [6.45, 7) is 6.92. The predicted molar refractivity (Wildman–Crippen MR) is 160 cm³/mol. The second-order valence-corrected chi connectivity index (χ2v) is 12.2. The summed E-state index contributed by atoms with van der Waals surface area (Å²) in [4.78, 5) is 29.5. The van der Waals surface area contributed by atoms with Crippen molar-refractivity contribution < 1.29 is 9.59 Å². The molecule has 39 heavy (non-hydrogen) atoms. The molecule has 1 fully saturated rings. The molecule has 0 heterocycles. The molecule has 206 valence electrons. The zero-order valence-corrected chi connectivity index (χ0v) is 24.2. The maximum absolute atomic E-state index is 13.9. The third-order valence-electron chi connectivity index (χ3n) is 7.66. The van der Waals surface area contributed by atoms with Crippen LogP contribution < -0.4 is 5.32 Å². The summed E-state index contributed by atoms with van der Waals surface area (Å²) >= 11 is 6.30. The molecule has 0 radical (unpaired) electrons. The van der Waals surface area contributed by atoms with Gasteiger partial charge in [0, 0.05) is 30.5 Å². The Morgan fingerprint density at radius 2 is 1.56 bits per heavy atom. The van der Waals surface area contributed by atoms with Crippen molar-refractivity contribution in [3.05, 3.63) is 106 Å². The molecule has 0 unspecified atom stereocenters. The lowest BCUT2D eigenvalue weighted by atomic mass is 9.86. The van der Waals surface area contributed by atoms with Crippen molar-refractivity contribution in [2.45, 2.75) is 89.8 Å². The minimum absolute atomic E-state index is 0.0302. The zero-order valence-electron chi connectivity index (χ0n) is 23.5. The van der Waals surface area contributed by atoms with Crippen LogP contribution in [0.3, 0.4) is 0 Å².